The fourth-order valence-electron chi connectivity index (χ4n) is 8.37. The molecule has 1 aromatic heterocycles. The molecule has 60 heavy (non-hydrogen) atoms. The number of hydrogen-bond donors (Lipinski definition) is 4. The van der Waals surface area contributed by atoms with E-state index in [1.165, 1.54) is 4.90 Å². The van der Waals surface area contributed by atoms with Crippen molar-refractivity contribution in [3.8, 4) is 17.6 Å². The number of carbonyl (C=O) groups excluding carboxylic acids is 5. The van der Waals surface area contributed by atoms with E-state index < -0.39 is 11.9 Å². The third kappa shape index (κ3) is 9.22. The molecule has 16 nitrogen and oxygen atoms in total. The molecular weight excluding hydrogens is 767 g/mol. The first kappa shape index (κ1) is 42.1. The van der Waals surface area contributed by atoms with E-state index in [-0.39, 0.29) is 48.7 Å². The van der Waals surface area contributed by atoms with Crippen molar-refractivity contribution >= 4 is 52.7 Å². The van der Waals surface area contributed by atoms with Crippen molar-refractivity contribution in [2.24, 2.45) is 0 Å². The Morgan fingerprint density at radius 3 is 2.65 bits per heavy atom. The Bertz CT molecular complexity index is 2180. The lowest BCUT2D eigenvalue weighted by atomic mass is 10.0. The summed E-state index contributed by atoms with van der Waals surface area (Å²) in [6, 6.07) is 9.93. The highest BCUT2D eigenvalue weighted by atomic mass is 16.5. The summed E-state index contributed by atoms with van der Waals surface area (Å²) in [7, 11) is 3.33. The topological polar surface area (TPSA) is 187 Å². The molecule has 3 aromatic rings. The molecule has 2 fully saturated rings. The van der Waals surface area contributed by atoms with Gasteiger partial charge in [-0.3, -0.25) is 29.3 Å². The van der Waals surface area contributed by atoms with Gasteiger partial charge in [-0.2, -0.15) is 4.98 Å². The van der Waals surface area contributed by atoms with Crippen molar-refractivity contribution < 1.29 is 33.4 Å². The number of imide groups is 1. The Labute approximate surface area is 350 Å². The maximum atomic E-state index is 13.2. The molecule has 4 aliphatic rings. The molecule has 4 N–H and O–H groups in total. The first-order chi connectivity index (χ1) is 29.2. The number of nitrogens with one attached hydrogen (secondary N) is 4. The van der Waals surface area contributed by atoms with Crippen LogP contribution in [0.1, 0.15) is 96.6 Å². The highest BCUT2D eigenvalue weighted by Gasteiger charge is 2.42. The molecule has 1 aliphatic carbocycles. The van der Waals surface area contributed by atoms with Crippen LogP contribution in [0.15, 0.2) is 42.6 Å². The third-order valence-electron chi connectivity index (χ3n) is 11.5. The molecule has 1 saturated heterocycles. The highest BCUT2D eigenvalue weighted by Crippen LogP contribution is 2.40. The fraction of sp³-hybridized carbons (Fsp3) is 0.477. The van der Waals surface area contributed by atoms with Gasteiger partial charge in [-0.1, -0.05) is 37.7 Å². The molecule has 1 saturated carbocycles. The number of fused-ring (bicyclic) bond motifs is 2. The van der Waals surface area contributed by atoms with Gasteiger partial charge in [0.25, 0.3) is 11.8 Å². The molecule has 5 amide bonds. The predicted molar refractivity (Wildman–Crippen MR) is 225 cm³/mol. The zero-order chi connectivity index (χ0) is 42.2. The summed E-state index contributed by atoms with van der Waals surface area (Å²) in [6.45, 7) is 5.13. The maximum Gasteiger partial charge on any atom is 0.255 e. The van der Waals surface area contributed by atoms with Crippen LogP contribution in [-0.2, 0) is 25.7 Å². The first-order valence-electron chi connectivity index (χ1n) is 20.9. The van der Waals surface area contributed by atoms with Gasteiger partial charge in [0.2, 0.25) is 23.7 Å². The summed E-state index contributed by atoms with van der Waals surface area (Å²) in [5.74, 6) is 6.78. The highest BCUT2D eigenvalue weighted by molar-refractivity contribution is 6.06. The van der Waals surface area contributed by atoms with Gasteiger partial charge >= 0.3 is 0 Å². The monoisotopic (exact) mass is 819 g/mol. The minimum Gasteiger partial charge on any atom is -0.495 e. The standard InChI is InChI=1S/C44H53N9O7/c1-4-34-43(58)51(2)36-26-47-44(50-39(36)53(34)30-13-5-6-14-30)48-33-17-16-29(25-37(33)59-3)40(55)46-21-10-20-45-22-24-60-23-8-7-11-28-12-9-15-31-32(28)27-52(42(31)57)35-18-19-38(54)49-41(35)56/h9,12,15-17,25-26,30,34-35,45H,4-6,8,10,13-14,18-24,27H2,1-3H3,(H,46,55)(H,47,48,50)(H,49,54,56)/t34-,35?/m1/s1. The summed E-state index contributed by atoms with van der Waals surface area (Å²) in [4.78, 5) is 78.1. The second-order valence-corrected chi connectivity index (χ2v) is 15.4. The largest absolute Gasteiger partial charge is 0.495 e. The summed E-state index contributed by atoms with van der Waals surface area (Å²) in [5.41, 5.74) is 3.86. The van der Waals surface area contributed by atoms with Crippen LogP contribution >= 0.6 is 0 Å². The molecule has 3 aliphatic heterocycles. The van der Waals surface area contributed by atoms with Crippen LogP contribution in [0.25, 0.3) is 0 Å². The van der Waals surface area contributed by atoms with E-state index in [0.717, 1.165) is 49.0 Å². The van der Waals surface area contributed by atoms with Gasteiger partial charge in [0, 0.05) is 62.3 Å². The Morgan fingerprint density at radius 1 is 1.03 bits per heavy atom. The van der Waals surface area contributed by atoms with Crippen molar-refractivity contribution in [2.45, 2.75) is 89.4 Å². The van der Waals surface area contributed by atoms with Crippen LogP contribution < -0.4 is 35.8 Å². The fourth-order valence-corrected chi connectivity index (χ4v) is 8.37. The number of anilines is 4. The molecule has 7 rings (SSSR count). The van der Waals surface area contributed by atoms with Gasteiger partial charge in [0.1, 0.15) is 23.5 Å². The molecule has 2 aromatic carbocycles. The summed E-state index contributed by atoms with van der Waals surface area (Å²) < 4.78 is 11.4. The number of carbonyl (C=O) groups is 5. The number of aromatic nitrogens is 2. The molecule has 1 unspecified atom stereocenters. The lowest BCUT2D eigenvalue weighted by molar-refractivity contribution is -0.137. The van der Waals surface area contributed by atoms with Crippen LogP contribution in [0.4, 0.5) is 23.1 Å². The van der Waals surface area contributed by atoms with Crippen molar-refractivity contribution in [1.29, 1.82) is 0 Å². The number of nitrogens with zero attached hydrogens (tertiary/aromatic N) is 5. The number of hydrogen-bond acceptors (Lipinski definition) is 12. The van der Waals surface area contributed by atoms with E-state index in [1.54, 1.807) is 55.6 Å². The van der Waals surface area contributed by atoms with E-state index in [2.05, 4.69) is 43.0 Å². The number of methoxy groups -OCH3 is 1. The number of rotatable bonds is 16. The van der Waals surface area contributed by atoms with Crippen LogP contribution in [0.3, 0.4) is 0 Å². The smallest absolute Gasteiger partial charge is 0.255 e. The summed E-state index contributed by atoms with van der Waals surface area (Å²) in [5, 5.41) is 11.9. The van der Waals surface area contributed by atoms with E-state index in [1.807, 2.05) is 13.0 Å². The molecule has 16 heteroatoms. The van der Waals surface area contributed by atoms with Crippen molar-refractivity contribution in [1.82, 2.24) is 30.8 Å². The Hall–Kier alpha value is -6.05. The lowest BCUT2D eigenvalue weighted by Gasteiger charge is -2.43. The Kier molecular flexibility index (Phi) is 13.6. The van der Waals surface area contributed by atoms with Gasteiger partial charge in [0.05, 0.1) is 32.2 Å². The molecule has 4 heterocycles. The second-order valence-electron chi connectivity index (χ2n) is 15.4. The third-order valence-corrected chi connectivity index (χ3v) is 11.5. The number of amides is 5. The number of piperidine rings is 1. The van der Waals surface area contributed by atoms with Gasteiger partial charge < -0.3 is 40.1 Å². The van der Waals surface area contributed by atoms with Crippen LogP contribution in [0.2, 0.25) is 0 Å². The molecule has 0 spiro atoms. The Balaban J connectivity index is 0.809. The van der Waals surface area contributed by atoms with Crippen LogP contribution in [0, 0.1) is 11.8 Å². The molecule has 0 radical (unpaired) electrons. The SMILES string of the molecule is CC[C@@H]1C(=O)N(C)c2cnc(Nc3ccc(C(=O)NCCCNCCOCCC#Cc4cccc5c4CN(C4CCC(=O)NC4=O)C5=O)cc3OC)nc2N1C1CCCC1. The number of ether oxygens (including phenoxy) is 2. The quantitative estimate of drug-likeness (QED) is 0.0936. The summed E-state index contributed by atoms with van der Waals surface area (Å²) >= 11 is 0. The van der Waals surface area contributed by atoms with E-state index in [9.17, 15) is 24.0 Å². The number of benzene rings is 2. The molecule has 316 valence electrons. The van der Waals surface area contributed by atoms with Crippen molar-refractivity contribution in [3.05, 3.63) is 64.8 Å². The first-order valence-corrected chi connectivity index (χ1v) is 20.9. The zero-order valence-electron chi connectivity index (χ0n) is 34.5. The average Bonchev–Trinajstić information content (AvgIpc) is 3.91. The van der Waals surface area contributed by atoms with Crippen LogP contribution in [0.5, 0.6) is 5.75 Å². The molecule has 2 atom stereocenters. The van der Waals surface area contributed by atoms with Gasteiger partial charge in [-0.05, 0) is 74.5 Å². The Morgan fingerprint density at radius 2 is 1.87 bits per heavy atom. The minimum atomic E-state index is -0.661. The zero-order valence-corrected chi connectivity index (χ0v) is 34.5. The van der Waals surface area contributed by atoms with Crippen molar-refractivity contribution in [2.75, 3.05) is 62.1 Å². The average molecular weight is 820 g/mol. The molecule has 0 bridgehead atoms. The van der Waals surface area contributed by atoms with Gasteiger partial charge in [0.15, 0.2) is 5.82 Å². The van der Waals surface area contributed by atoms with E-state index in [4.69, 9.17) is 14.5 Å². The lowest BCUT2D eigenvalue weighted by Crippen LogP contribution is -2.55. The van der Waals surface area contributed by atoms with Crippen molar-refractivity contribution in [3.63, 3.8) is 0 Å². The van der Waals surface area contributed by atoms with E-state index in [0.29, 0.717) is 86.3 Å². The summed E-state index contributed by atoms with van der Waals surface area (Å²) in [6.07, 6.45) is 8.50. The second kappa shape index (κ2) is 19.3. The minimum absolute atomic E-state index is 0.0625. The predicted octanol–water partition coefficient (Wildman–Crippen LogP) is 3.66. The van der Waals surface area contributed by atoms with Crippen LogP contribution in [-0.4, -0.2) is 110 Å². The molecular formula is C44H53N9O7. The van der Waals surface area contributed by atoms with E-state index >= 15 is 0 Å². The van der Waals surface area contributed by atoms with Gasteiger partial charge in [-0.15, -0.1) is 0 Å². The van der Waals surface area contributed by atoms with Gasteiger partial charge in [-0.25, -0.2) is 4.98 Å². The maximum absolute atomic E-state index is 13.2. The normalized spacial score (nSPS) is 18.8. The number of likely N-dealkylation sites (N-methyl/N-ethyl adjacent to an activating group) is 1.